The lowest BCUT2D eigenvalue weighted by Crippen LogP contribution is -2.27. The van der Waals surface area contributed by atoms with Crippen LogP contribution >= 0.6 is 22.7 Å². The van der Waals surface area contributed by atoms with Gasteiger partial charge in [0.2, 0.25) is 0 Å². The highest BCUT2D eigenvalue weighted by molar-refractivity contribution is 7.25. The quantitative estimate of drug-likeness (QED) is 0.308. The van der Waals surface area contributed by atoms with E-state index in [9.17, 15) is 4.79 Å². The van der Waals surface area contributed by atoms with Crippen molar-refractivity contribution in [3.8, 4) is 21.4 Å². The molecule has 1 amide bonds. The van der Waals surface area contributed by atoms with Crippen molar-refractivity contribution >= 4 is 49.7 Å². The predicted octanol–water partition coefficient (Wildman–Crippen LogP) is 6.40. The van der Waals surface area contributed by atoms with Crippen LogP contribution in [0.15, 0.2) is 48.1 Å². The van der Waals surface area contributed by atoms with Gasteiger partial charge in [-0.05, 0) is 31.0 Å². The summed E-state index contributed by atoms with van der Waals surface area (Å²) < 4.78 is 9.48. The number of nitrogens with one attached hydrogen (secondary N) is 1. The fraction of sp³-hybridized carbons (Fsp3) is 0.240. The van der Waals surface area contributed by atoms with Crippen LogP contribution in [0, 0.1) is 12.8 Å². The van der Waals surface area contributed by atoms with E-state index in [1.54, 1.807) is 35.1 Å². The van der Waals surface area contributed by atoms with Crippen molar-refractivity contribution in [3.05, 3.63) is 59.4 Å². The number of benzene rings is 1. The molecule has 0 aliphatic carbocycles. The largest absolute Gasteiger partial charge is 0.455 e. The highest BCUT2D eigenvalue weighted by Crippen LogP contribution is 2.42. The molecule has 0 bridgehead atoms. The van der Waals surface area contributed by atoms with Gasteiger partial charge in [-0.2, -0.15) is 0 Å². The first-order valence-electron chi connectivity index (χ1n) is 10.8. The lowest BCUT2D eigenvalue weighted by molar-refractivity contribution is 0.0949. The molecule has 0 saturated heterocycles. The third-order valence-corrected chi connectivity index (χ3v) is 7.70. The van der Waals surface area contributed by atoms with Crippen molar-refractivity contribution in [3.63, 3.8) is 0 Å². The number of nitrogens with zero attached hydrogens (tertiary/aromatic N) is 3. The topological polar surface area (TPSA) is 69.0 Å². The lowest BCUT2D eigenvalue weighted by atomic mass is 10.1. The van der Waals surface area contributed by atoms with Gasteiger partial charge in [0.15, 0.2) is 0 Å². The summed E-state index contributed by atoms with van der Waals surface area (Å²) in [5.41, 5.74) is 3.39. The minimum atomic E-state index is -0.0788. The summed E-state index contributed by atoms with van der Waals surface area (Å²) in [4.78, 5) is 23.2. The number of pyridine rings is 1. The second kappa shape index (κ2) is 8.61. The second-order valence-electron chi connectivity index (χ2n) is 8.35. The Morgan fingerprint density at radius 1 is 1.18 bits per heavy atom. The average Bonchev–Trinajstić information content (AvgIpc) is 3.52. The maximum absolute atomic E-state index is 13.2. The Labute approximate surface area is 199 Å². The van der Waals surface area contributed by atoms with Crippen LogP contribution in [-0.2, 0) is 7.05 Å². The van der Waals surface area contributed by atoms with Crippen LogP contribution in [0.3, 0.4) is 0 Å². The first-order chi connectivity index (χ1) is 15.9. The molecular formula is C25H24N4O2S2. The molecule has 33 heavy (non-hydrogen) atoms. The van der Waals surface area contributed by atoms with Crippen molar-refractivity contribution in [2.75, 3.05) is 6.54 Å². The molecule has 0 aliphatic rings. The summed E-state index contributed by atoms with van der Waals surface area (Å²) in [5.74, 6) is 1.67. The molecule has 0 atom stereocenters. The van der Waals surface area contributed by atoms with Crippen LogP contribution < -0.4 is 10.1 Å². The first-order valence-corrected chi connectivity index (χ1v) is 12.5. The smallest absolute Gasteiger partial charge is 0.253 e. The minimum absolute atomic E-state index is 0.0788. The number of hydrogen-bond donors (Lipinski definition) is 1. The zero-order valence-electron chi connectivity index (χ0n) is 18.9. The van der Waals surface area contributed by atoms with Gasteiger partial charge in [-0.1, -0.05) is 19.9 Å². The number of thiazole rings is 1. The Balaban J connectivity index is 1.61. The fourth-order valence-electron chi connectivity index (χ4n) is 3.89. The number of aromatic nitrogens is 3. The number of rotatable bonds is 6. The molecule has 168 valence electrons. The third-order valence-electron chi connectivity index (χ3n) is 5.62. The number of hydrogen-bond acceptors (Lipinski definition) is 6. The number of ether oxygens (including phenoxy) is 1. The Morgan fingerprint density at radius 2 is 2.03 bits per heavy atom. The highest BCUT2D eigenvalue weighted by Gasteiger charge is 2.23. The van der Waals surface area contributed by atoms with Crippen LogP contribution in [-0.4, -0.2) is 27.0 Å². The van der Waals surface area contributed by atoms with Gasteiger partial charge in [0, 0.05) is 43.1 Å². The van der Waals surface area contributed by atoms with E-state index in [4.69, 9.17) is 4.74 Å². The Morgan fingerprint density at radius 3 is 2.79 bits per heavy atom. The summed E-state index contributed by atoms with van der Waals surface area (Å²) in [6.07, 6.45) is 3.56. The molecule has 1 aromatic carbocycles. The minimum Gasteiger partial charge on any atom is -0.455 e. The molecule has 0 saturated carbocycles. The van der Waals surface area contributed by atoms with E-state index >= 15 is 0 Å². The van der Waals surface area contributed by atoms with Crippen LogP contribution in [0.1, 0.15) is 29.9 Å². The normalized spacial score (nSPS) is 11.5. The first kappa shape index (κ1) is 21.6. The third kappa shape index (κ3) is 3.89. The summed E-state index contributed by atoms with van der Waals surface area (Å²) >= 11 is 3.21. The molecule has 0 unspecified atom stereocenters. The standard InChI is InChI=1S/C25H24N4O2S2/c1-14(2)13-28-24(30)21-15(3)29(4)17-6-5-7-18(22(17)21)31-19-8-9-26-16-12-20(33-23(16)19)25-27-10-11-32-25/h5-12,14H,13H2,1-4H3,(H,28,30). The van der Waals surface area contributed by atoms with E-state index in [2.05, 4.69) is 29.1 Å². The molecule has 4 aromatic heterocycles. The molecule has 5 rings (SSSR count). The van der Waals surface area contributed by atoms with Crippen LogP contribution in [0.4, 0.5) is 0 Å². The van der Waals surface area contributed by atoms with Gasteiger partial charge >= 0.3 is 0 Å². The molecule has 0 spiro atoms. The lowest BCUT2D eigenvalue weighted by Gasteiger charge is -2.11. The summed E-state index contributed by atoms with van der Waals surface area (Å²) in [6.45, 7) is 6.76. The Hall–Kier alpha value is -3.23. The van der Waals surface area contributed by atoms with Crippen molar-refractivity contribution in [2.45, 2.75) is 20.8 Å². The maximum atomic E-state index is 13.2. The van der Waals surface area contributed by atoms with Gasteiger partial charge in [-0.15, -0.1) is 22.7 Å². The van der Waals surface area contributed by atoms with E-state index in [1.165, 1.54) is 0 Å². The number of fused-ring (bicyclic) bond motifs is 2. The molecule has 6 nitrogen and oxygen atoms in total. The van der Waals surface area contributed by atoms with Crippen molar-refractivity contribution in [1.82, 2.24) is 19.9 Å². The molecule has 1 N–H and O–H groups in total. The van der Waals surface area contributed by atoms with Gasteiger partial charge in [0.25, 0.3) is 5.91 Å². The molecule has 0 aliphatic heterocycles. The van der Waals surface area contributed by atoms with Gasteiger partial charge in [0.1, 0.15) is 16.5 Å². The van der Waals surface area contributed by atoms with Crippen molar-refractivity contribution < 1.29 is 9.53 Å². The van der Waals surface area contributed by atoms with Crippen molar-refractivity contribution in [2.24, 2.45) is 13.0 Å². The summed E-state index contributed by atoms with van der Waals surface area (Å²) in [5, 5.41) is 6.82. The monoisotopic (exact) mass is 476 g/mol. The Kier molecular flexibility index (Phi) is 5.64. The molecule has 0 radical (unpaired) electrons. The van der Waals surface area contributed by atoms with E-state index in [1.807, 2.05) is 54.3 Å². The number of aryl methyl sites for hydroxylation is 1. The summed E-state index contributed by atoms with van der Waals surface area (Å²) in [7, 11) is 1.98. The Bertz CT molecular complexity index is 1470. The maximum Gasteiger partial charge on any atom is 0.253 e. The number of thiophene rings is 1. The highest BCUT2D eigenvalue weighted by atomic mass is 32.1. The zero-order chi connectivity index (χ0) is 23.1. The molecule has 4 heterocycles. The van der Waals surface area contributed by atoms with Gasteiger partial charge in [-0.25, -0.2) is 4.98 Å². The average molecular weight is 477 g/mol. The van der Waals surface area contributed by atoms with Crippen LogP contribution in [0.2, 0.25) is 0 Å². The van der Waals surface area contributed by atoms with Crippen LogP contribution in [0.25, 0.3) is 31.0 Å². The fourth-order valence-corrected chi connectivity index (χ4v) is 5.67. The number of carbonyl (C=O) groups excluding carboxylic acids is 1. The second-order valence-corrected chi connectivity index (χ2v) is 10.3. The molecule has 8 heteroatoms. The summed E-state index contributed by atoms with van der Waals surface area (Å²) in [6, 6.07) is 9.81. The predicted molar refractivity (Wildman–Crippen MR) is 136 cm³/mol. The van der Waals surface area contributed by atoms with E-state index in [-0.39, 0.29) is 5.91 Å². The van der Waals surface area contributed by atoms with E-state index in [0.717, 1.165) is 42.4 Å². The molecular weight excluding hydrogens is 452 g/mol. The number of carbonyl (C=O) groups is 1. The molecule has 5 aromatic rings. The van der Waals surface area contributed by atoms with E-state index < -0.39 is 0 Å². The number of amides is 1. The molecule has 0 fully saturated rings. The SMILES string of the molecule is Cc1c(C(=O)NCC(C)C)c2c(Oc3ccnc4cc(-c5nccs5)sc34)cccc2n1C. The van der Waals surface area contributed by atoms with Gasteiger partial charge in [-0.3, -0.25) is 9.78 Å². The zero-order valence-corrected chi connectivity index (χ0v) is 20.5. The van der Waals surface area contributed by atoms with Gasteiger partial charge in [0.05, 0.1) is 31.6 Å². The van der Waals surface area contributed by atoms with Gasteiger partial charge < -0.3 is 14.6 Å². The van der Waals surface area contributed by atoms with Crippen LogP contribution in [0.5, 0.6) is 11.5 Å². The van der Waals surface area contributed by atoms with Crippen molar-refractivity contribution in [1.29, 1.82) is 0 Å². The van der Waals surface area contributed by atoms with E-state index in [0.29, 0.717) is 23.8 Å².